The molecular formula is C19H23F3Se2. The van der Waals surface area contributed by atoms with Crippen molar-refractivity contribution in [1.29, 1.82) is 0 Å². The summed E-state index contributed by atoms with van der Waals surface area (Å²) in [5, 5.41) is 0. The zero-order valence-corrected chi connectivity index (χ0v) is 17.5. The van der Waals surface area contributed by atoms with E-state index in [4.69, 9.17) is 0 Å². The molecule has 0 spiro atoms. The molecule has 0 amide bonds. The molecule has 0 N–H and O–H groups in total. The van der Waals surface area contributed by atoms with Gasteiger partial charge < -0.3 is 0 Å². The minimum atomic E-state index is -4.26. The van der Waals surface area contributed by atoms with Crippen LogP contribution in [0.3, 0.4) is 0 Å². The summed E-state index contributed by atoms with van der Waals surface area (Å²) in [5.41, 5.74) is -0.531. The molecule has 5 heteroatoms. The molecule has 0 aliphatic heterocycles. The van der Waals surface area contributed by atoms with Crippen molar-refractivity contribution in [3.8, 4) is 0 Å². The molecule has 0 aliphatic carbocycles. The Hall–Kier alpha value is -0.471. The molecule has 132 valence electrons. The van der Waals surface area contributed by atoms with Crippen LogP contribution in [0.2, 0.25) is 0 Å². The maximum atomic E-state index is 12.9. The van der Waals surface area contributed by atoms with E-state index in [-0.39, 0.29) is 15.0 Å². The van der Waals surface area contributed by atoms with Gasteiger partial charge in [-0.3, -0.25) is 0 Å². The first-order chi connectivity index (χ1) is 11.4. The molecule has 0 saturated carbocycles. The summed E-state index contributed by atoms with van der Waals surface area (Å²) in [6.07, 6.45) is 2.73. The third-order valence-corrected chi connectivity index (χ3v) is 9.28. The summed E-state index contributed by atoms with van der Waals surface area (Å²) in [6.45, 7) is 4.38. The first-order valence-electron chi connectivity index (χ1n) is 8.40. The van der Waals surface area contributed by atoms with Gasteiger partial charge in [-0.1, -0.05) is 0 Å². The molecule has 0 saturated heterocycles. The molecule has 0 atom stereocenters. The summed E-state index contributed by atoms with van der Waals surface area (Å²) in [6, 6.07) is 8.17. The second-order valence-electron chi connectivity index (χ2n) is 5.83. The fourth-order valence-electron chi connectivity index (χ4n) is 2.40. The van der Waals surface area contributed by atoms with Crippen molar-refractivity contribution < 1.29 is 13.2 Å². The van der Waals surface area contributed by atoms with Crippen molar-refractivity contribution in [2.45, 2.75) is 58.5 Å². The van der Waals surface area contributed by atoms with Gasteiger partial charge in [0.25, 0.3) is 0 Å². The van der Waals surface area contributed by atoms with Gasteiger partial charge in [0.2, 0.25) is 0 Å². The minimum absolute atomic E-state index is 0.0277. The molecule has 0 nitrogen and oxygen atoms in total. The number of unbranched alkanes of at least 4 members (excludes halogenated alkanes) is 2. The third kappa shape index (κ3) is 5.81. The Bertz CT molecular complexity index is 644. The quantitative estimate of drug-likeness (QED) is 0.514. The van der Waals surface area contributed by atoms with Crippen molar-refractivity contribution in [2.75, 3.05) is 0 Å². The van der Waals surface area contributed by atoms with E-state index in [0.717, 1.165) is 29.8 Å². The summed E-state index contributed by atoms with van der Waals surface area (Å²) >= 11 is 0.392. The summed E-state index contributed by atoms with van der Waals surface area (Å²) in [5.74, 6) is 0. The van der Waals surface area contributed by atoms with Gasteiger partial charge in [0.15, 0.2) is 0 Å². The fourth-order valence-corrected chi connectivity index (χ4v) is 8.20. The van der Waals surface area contributed by atoms with Crippen molar-refractivity contribution in [2.24, 2.45) is 0 Å². The van der Waals surface area contributed by atoms with E-state index in [1.165, 1.54) is 44.7 Å². The number of aryl methyl sites for hydroxylation is 2. The van der Waals surface area contributed by atoms with Crippen molar-refractivity contribution in [1.82, 2.24) is 0 Å². The van der Waals surface area contributed by atoms with Gasteiger partial charge in [-0.2, -0.15) is 0 Å². The first kappa shape index (κ1) is 19.8. The number of hydrogen-bond acceptors (Lipinski definition) is 0. The van der Waals surface area contributed by atoms with Gasteiger partial charge in [-0.15, -0.1) is 0 Å². The number of alkyl halides is 3. The van der Waals surface area contributed by atoms with Crippen LogP contribution >= 0.6 is 0 Å². The van der Waals surface area contributed by atoms with Crippen LogP contribution in [-0.4, -0.2) is 29.5 Å². The molecule has 1 heterocycles. The fraction of sp³-hybridized carbons (Fsp3) is 0.474. The molecule has 0 aliphatic rings. The van der Waals surface area contributed by atoms with Crippen LogP contribution in [0, 0.1) is 0 Å². The predicted molar refractivity (Wildman–Crippen MR) is 97.1 cm³/mol. The molecule has 0 unspecified atom stereocenters. The summed E-state index contributed by atoms with van der Waals surface area (Å²) < 4.78 is 43.9. The molecule has 2 aromatic rings. The zero-order chi connectivity index (χ0) is 17.6. The van der Waals surface area contributed by atoms with Gasteiger partial charge in [0, 0.05) is 0 Å². The standard InChI is InChI=1S/C19H23F3Se2/c1-3-5-9-16-13-18(17(23-16)11-6-4-2)24-15-10-7-8-14(12-15)19(20,21)22/h7-8,10,12-13H,3-6,9,11H2,1-2H3. The van der Waals surface area contributed by atoms with Crippen molar-refractivity contribution >= 4 is 38.4 Å². The number of halogens is 3. The average molecular weight is 466 g/mol. The van der Waals surface area contributed by atoms with Crippen LogP contribution in [0.4, 0.5) is 13.2 Å². The summed E-state index contributed by atoms with van der Waals surface area (Å²) in [4.78, 5) is 0. The van der Waals surface area contributed by atoms with Crippen LogP contribution in [-0.2, 0) is 19.0 Å². The van der Waals surface area contributed by atoms with Crippen LogP contribution in [0.15, 0.2) is 30.3 Å². The molecule has 1 aromatic carbocycles. The topological polar surface area (TPSA) is 0 Å². The van der Waals surface area contributed by atoms with Gasteiger partial charge in [0.05, 0.1) is 0 Å². The number of hydrogen-bond donors (Lipinski definition) is 0. The third-order valence-electron chi connectivity index (χ3n) is 3.74. The van der Waals surface area contributed by atoms with E-state index in [2.05, 4.69) is 19.9 Å². The molecule has 0 radical (unpaired) electrons. The van der Waals surface area contributed by atoms with Crippen molar-refractivity contribution in [3.05, 3.63) is 44.8 Å². The normalized spacial score (nSPS) is 11.9. The van der Waals surface area contributed by atoms with Gasteiger partial charge in [-0.25, -0.2) is 0 Å². The Morgan fingerprint density at radius 1 is 1.00 bits per heavy atom. The number of rotatable bonds is 8. The Balaban J connectivity index is 2.22. The second-order valence-corrected chi connectivity index (χ2v) is 10.7. The Labute approximate surface area is 154 Å². The van der Waals surface area contributed by atoms with Gasteiger partial charge in [-0.05, 0) is 0 Å². The Morgan fingerprint density at radius 3 is 2.38 bits per heavy atom. The van der Waals surface area contributed by atoms with E-state index in [0.29, 0.717) is 14.5 Å². The Kier molecular flexibility index (Phi) is 7.68. The molecule has 2 rings (SSSR count). The summed E-state index contributed by atoms with van der Waals surface area (Å²) in [7, 11) is 0. The first-order valence-corrected chi connectivity index (χ1v) is 11.8. The SMILES string of the molecule is CCCCc1cc([Se]c2cccc(C(F)(F)F)c2)c(CCCC)[se]1. The monoisotopic (exact) mass is 468 g/mol. The maximum absolute atomic E-state index is 12.9. The van der Waals surface area contributed by atoms with Gasteiger partial charge >= 0.3 is 155 Å². The zero-order valence-electron chi connectivity index (χ0n) is 14.1. The van der Waals surface area contributed by atoms with E-state index >= 15 is 0 Å². The molecule has 24 heavy (non-hydrogen) atoms. The molecule has 1 aromatic heterocycles. The van der Waals surface area contributed by atoms with Crippen molar-refractivity contribution in [3.63, 3.8) is 0 Å². The number of benzene rings is 1. The average Bonchev–Trinajstić information content (AvgIpc) is 2.92. The molecule has 0 bridgehead atoms. The molecule has 0 fully saturated rings. The Morgan fingerprint density at radius 2 is 1.71 bits per heavy atom. The second kappa shape index (κ2) is 9.29. The molecular weight excluding hydrogens is 443 g/mol. The van der Waals surface area contributed by atoms with Crippen LogP contribution in [0.25, 0.3) is 0 Å². The predicted octanol–water partition coefficient (Wildman–Crippen LogP) is 4.10. The van der Waals surface area contributed by atoms with E-state index < -0.39 is 11.7 Å². The van der Waals surface area contributed by atoms with Crippen LogP contribution < -0.4 is 8.92 Å². The van der Waals surface area contributed by atoms with Crippen LogP contribution in [0.1, 0.15) is 54.0 Å². The van der Waals surface area contributed by atoms with Gasteiger partial charge in [0.1, 0.15) is 0 Å². The van der Waals surface area contributed by atoms with E-state index in [1.807, 2.05) is 6.07 Å². The van der Waals surface area contributed by atoms with E-state index in [1.54, 1.807) is 0 Å². The van der Waals surface area contributed by atoms with E-state index in [9.17, 15) is 13.2 Å². The van der Waals surface area contributed by atoms with Crippen LogP contribution in [0.5, 0.6) is 0 Å².